The van der Waals surface area contributed by atoms with Crippen LogP contribution in [0.4, 0.5) is 0 Å². The Balaban J connectivity index is 2.23. The molecule has 108 valence electrons. The number of piperazine rings is 1. The van der Waals surface area contributed by atoms with Crippen molar-refractivity contribution in [1.82, 2.24) is 9.80 Å². The van der Waals surface area contributed by atoms with Crippen molar-refractivity contribution >= 4 is 0 Å². The Morgan fingerprint density at radius 2 is 1.11 bits per heavy atom. The van der Waals surface area contributed by atoms with Gasteiger partial charge < -0.3 is 11.5 Å². The summed E-state index contributed by atoms with van der Waals surface area (Å²) in [7, 11) is 0. The van der Waals surface area contributed by atoms with Gasteiger partial charge in [0.25, 0.3) is 0 Å². The Morgan fingerprint density at radius 3 is 1.39 bits per heavy atom. The monoisotopic (exact) mass is 256 g/mol. The summed E-state index contributed by atoms with van der Waals surface area (Å²) in [4.78, 5) is 4.83. The van der Waals surface area contributed by atoms with E-state index in [1.807, 2.05) is 0 Å². The minimum atomic E-state index is 0.249. The van der Waals surface area contributed by atoms with E-state index in [0.717, 1.165) is 39.0 Å². The van der Waals surface area contributed by atoms with Gasteiger partial charge in [-0.2, -0.15) is 0 Å². The normalized spacial score (nSPS) is 22.0. The standard InChI is InChI=1S/C14H32N4/c1-3-5-7-13(15)17-9-11-18(12-10-17)14(16)8-6-4-2/h13-14H,3-12,15-16H2,1-2H3. The molecular weight excluding hydrogens is 224 g/mol. The van der Waals surface area contributed by atoms with E-state index >= 15 is 0 Å². The molecule has 1 aliphatic rings. The van der Waals surface area contributed by atoms with Crippen LogP contribution in [-0.2, 0) is 0 Å². The Labute approximate surface area is 113 Å². The lowest BCUT2D eigenvalue weighted by Gasteiger charge is -2.40. The van der Waals surface area contributed by atoms with Gasteiger partial charge >= 0.3 is 0 Å². The van der Waals surface area contributed by atoms with E-state index in [1.165, 1.54) is 25.7 Å². The van der Waals surface area contributed by atoms with E-state index in [-0.39, 0.29) is 12.3 Å². The van der Waals surface area contributed by atoms with Gasteiger partial charge in [0.05, 0.1) is 12.3 Å². The maximum absolute atomic E-state index is 6.21. The molecule has 2 unspecified atom stereocenters. The first-order valence-electron chi connectivity index (χ1n) is 7.68. The fraction of sp³-hybridized carbons (Fsp3) is 1.00. The highest BCUT2D eigenvalue weighted by Crippen LogP contribution is 2.11. The predicted octanol–water partition coefficient (Wildman–Crippen LogP) is 1.55. The average Bonchev–Trinajstić information content (AvgIpc) is 2.42. The van der Waals surface area contributed by atoms with Gasteiger partial charge in [0.15, 0.2) is 0 Å². The Morgan fingerprint density at radius 1 is 0.778 bits per heavy atom. The van der Waals surface area contributed by atoms with Crippen molar-refractivity contribution in [1.29, 1.82) is 0 Å². The highest BCUT2D eigenvalue weighted by molar-refractivity contribution is 4.78. The molecule has 1 fully saturated rings. The topological polar surface area (TPSA) is 58.5 Å². The van der Waals surface area contributed by atoms with Gasteiger partial charge in [0, 0.05) is 26.2 Å². The smallest absolute Gasteiger partial charge is 0.0572 e. The largest absolute Gasteiger partial charge is 0.316 e. The van der Waals surface area contributed by atoms with Crippen LogP contribution in [0.2, 0.25) is 0 Å². The highest BCUT2D eigenvalue weighted by Gasteiger charge is 2.23. The molecule has 1 aliphatic heterocycles. The minimum absolute atomic E-state index is 0.249. The molecule has 0 bridgehead atoms. The molecule has 1 saturated heterocycles. The summed E-state index contributed by atoms with van der Waals surface area (Å²) in [6, 6.07) is 0. The molecule has 4 nitrogen and oxygen atoms in total. The molecule has 2 atom stereocenters. The van der Waals surface area contributed by atoms with Gasteiger partial charge in [-0.1, -0.05) is 39.5 Å². The fourth-order valence-electron chi connectivity index (χ4n) is 2.59. The van der Waals surface area contributed by atoms with E-state index in [4.69, 9.17) is 11.5 Å². The number of nitrogens with zero attached hydrogens (tertiary/aromatic N) is 2. The molecule has 0 radical (unpaired) electrons. The van der Waals surface area contributed by atoms with E-state index in [9.17, 15) is 0 Å². The zero-order chi connectivity index (χ0) is 13.4. The minimum Gasteiger partial charge on any atom is -0.316 e. The van der Waals surface area contributed by atoms with Crippen LogP contribution in [0.5, 0.6) is 0 Å². The second kappa shape index (κ2) is 8.86. The molecule has 0 aromatic rings. The van der Waals surface area contributed by atoms with Gasteiger partial charge in [0.1, 0.15) is 0 Å². The lowest BCUT2D eigenvalue weighted by molar-refractivity contribution is 0.0653. The van der Waals surface area contributed by atoms with Crippen LogP contribution in [0, 0.1) is 0 Å². The van der Waals surface area contributed by atoms with Crippen LogP contribution in [0.15, 0.2) is 0 Å². The maximum Gasteiger partial charge on any atom is 0.0572 e. The molecule has 1 heterocycles. The third-order valence-corrected chi connectivity index (χ3v) is 3.99. The molecule has 0 aliphatic carbocycles. The molecule has 1 rings (SSSR count). The number of unbranched alkanes of at least 4 members (excludes halogenated alkanes) is 2. The number of rotatable bonds is 8. The van der Waals surface area contributed by atoms with Crippen molar-refractivity contribution < 1.29 is 0 Å². The van der Waals surface area contributed by atoms with E-state index < -0.39 is 0 Å². The first kappa shape index (κ1) is 15.9. The third-order valence-electron chi connectivity index (χ3n) is 3.99. The van der Waals surface area contributed by atoms with Crippen LogP contribution in [0.25, 0.3) is 0 Å². The SMILES string of the molecule is CCCCC(N)N1CCN(C(N)CCCC)CC1. The summed E-state index contributed by atoms with van der Waals surface area (Å²) in [5.74, 6) is 0. The molecule has 0 aromatic carbocycles. The van der Waals surface area contributed by atoms with Crippen LogP contribution in [0.3, 0.4) is 0 Å². The quantitative estimate of drug-likeness (QED) is 0.692. The van der Waals surface area contributed by atoms with Gasteiger partial charge in [-0.3, -0.25) is 9.80 Å². The summed E-state index contributed by atoms with van der Waals surface area (Å²) in [5.41, 5.74) is 12.4. The zero-order valence-electron chi connectivity index (χ0n) is 12.3. The molecule has 4 N–H and O–H groups in total. The van der Waals surface area contributed by atoms with Crippen molar-refractivity contribution in [2.24, 2.45) is 11.5 Å². The molecule has 4 heteroatoms. The van der Waals surface area contributed by atoms with E-state index in [0.29, 0.717) is 0 Å². The molecule has 0 aromatic heterocycles. The number of hydrogen-bond donors (Lipinski definition) is 2. The van der Waals surface area contributed by atoms with Crippen LogP contribution < -0.4 is 11.5 Å². The van der Waals surface area contributed by atoms with E-state index in [2.05, 4.69) is 23.6 Å². The summed E-state index contributed by atoms with van der Waals surface area (Å²) in [6.45, 7) is 8.74. The zero-order valence-corrected chi connectivity index (χ0v) is 12.3. The van der Waals surface area contributed by atoms with Crippen molar-refractivity contribution in [2.45, 2.75) is 64.7 Å². The van der Waals surface area contributed by atoms with Crippen molar-refractivity contribution in [3.05, 3.63) is 0 Å². The lowest BCUT2D eigenvalue weighted by atomic mass is 10.1. The average molecular weight is 256 g/mol. The first-order chi connectivity index (χ1) is 8.69. The van der Waals surface area contributed by atoms with Crippen LogP contribution >= 0.6 is 0 Å². The van der Waals surface area contributed by atoms with Gasteiger partial charge in [-0.15, -0.1) is 0 Å². The summed E-state index contributed by atoms with van der Waals surface area (Å²) >= 11 is 0. The second-order valence-electron chi connectivity index (χ2n) is 5.49. The lowest BCUT2D eigenvalue weighted by Crippen LogP contribution is -2.57. The number of hydrogen-bond acceptors (Lipinski definition) is 4. The highest BCUT2D eigenvalue weighted by atomic mass is 15.3. The van der Waals surface area contributed by atoms with Crippen LogP contribution in [0.1, 0.15) is 52.4 Å². The number of nitrogens with two attached hydrogens (primary N) is 2. The van der Waals surface area contributed by atoms with Crippen LogP contribution in [-0.4, -0.2) is 48.3 Å². The third kappa shape index (κ3) is 5.22. The molecule has 0 amide bonds. The van der Waals surface area contributed by atoms with E-state index in [1.54, 1.807) is 0 Å². The summed E-state index contributed by atoms with van der Waals surface area (Å²) < 4.78 is 0. The van der Waals surface area contributed by atoms with Gasteiger partial charge in [0.2, 0.25) is 0 Å². The molecular formula is C14H32N4. The van der Waals surface area contributed by atoms with Crippen molar-refractivity contribution in [2.75, 3.05) is 26.2 Å². The van der Waals surface area contributed by atoms with Gasteiger partial charge in [-0.25, -0.2) is 0 Å². The Bertz CT molecular complexity index is 180. The Kier molecular flexibility index (Phi) is 7.82. The van der Waals surface area contributed by atoms with Gasteiger partial charge in [-0.05, 0) is 12.8 Å². The first-order valence-corrected chi connectivity index (χ1v) is 7.68. The maximum atomic E-state index is 6.21. The van der Waals surface area contributed by atoms with Crippen molar-refractivity contribution in [3.63, 3.8) is 0 Å². The van der Waals surface area contributed by atoms with Crippen molar-refractivity contribution in [3.8, 4) is 0 Å². The molecule has 0 spiro atoms. The molecule has 0 saturated carbocycles. The fourth-order valence-corrected chi connectivity index (χ4v) is 2.59. The Hall–Kier alpha value is -0.160. The summed E-state index contributed by atoms with van der Waals surface area (Å²) in [6.07, 6.45) is 7.68. The second-order valence-corrected chi connectivity index (χ2v) is 5.49. The molecule has 18 heavy (non-hydrogen) atoms. The predicted molar refractivity (Wildman–Crippen MR) is 78.1 cm³/mol. The summed E-state index contributed by atoms with van der Waals surface area (Å²) in [5, 5.41) is 0.